The number of nitrogens with zero attached hydrogens (tertiary/aromatic N) is 1. The average molecular weight is 340 g/mol. The molecule has 1 aliphatic heterocycles. The number of hydrogen-bond acceptors (Lipinski definition) is 5. The molecule has 1 fully saturated rings. The Morgan fingerprint density at radius 1 is 1.29 bits per heavy atom. The van der Waals surface area contributed by atoms with E-state index < -0.39 is 11.4 Å². The van der Waals surface area contributed by atoms with Gasteiger partial charge in [-0.15, -0.1) is 0 Å². The van der Waals surface area contributed by atoms with Crippen LogP contribution in [0.1, 0.15) is 32.4 Å². The molecule has 2 rings (SSSR count). The Kier molecular flexibility index (Phi) is 5.54. The Balaban J connectivity index is 2.27. The maximum atomic E-state index is 14.1. The van der Waals surface area contributed by atoms with Gasteiger partial charge in [0, 0.05) is 19.6 Å². The summed E-state index contributed by atoms with van der Waals surface area (Å²) in [5.41, 5.74) is -0.000596. The summed E-state index contributed by atoms with van der Waals surface area (Å²) in [5.74, 6) is 0.166. The van der Waals surface area contributed by atoms with E-state index in [-0.39, 0.29) is 17.9 Å². The molecule has 1 amide bonds. The molecule has 6 nitrogen and oxygen atoms in total. The van der Waals surface area contributed by atoms with Crippen molar-refractivity contribution in [3.05, 3.63) is 23.5 Å². The molecule has 7 heteroatoms. The lowest BCUT2D eigenvalue weighted by atomic mass is 10.0. The van der Waals surface area contributed by atoms with Crippen molar-refractivity contribution in [3.63, 3.8) is 0 Å². The summed E-state index contributed by atoms with van der Waals surface area (Å²) in [4.78, 5) is 13.9. The predicted molar refractivity (Wildman–Crippen MR) is 88.1 cm³/mol. The number of nitrogens with one attached hydrogen (secondary N) is 1. The zero-order valence-corrected chi connectivity index (χ0v) is 14.8. The van der Waals surface area contributed by atoms with Crippen molar-refractivity contribution in [2.24, 2.45) is 0 Å². The van der Waals surface area contributed by atoms with Crippen LogP contribution in [0.5, 0.6) is 11.5 Å². The normalized spacial score (nSPS) is 18.2. The molecule has 1 atom stereocenters. The highest BCUT2D eigenvalue weighted by molar-refractivity contribution is 5.68. The third-order valence-corrected chi connectivity index (χ3v) is 3.71. The van der Waals surface area contributed by atoms with E-state index >= 15 is 0 Å². The van der Waals surface area contributed by atoms with Crippen LogP contribution in [0.2, 0.25) is 0 Å². The molecule has 1 aliphatic rings. The highest BCUT2D eigenvalue weighted by atomic mass is 19.1. The summed E-state index contributed by atoms with van der Waals surface area (Å²) in [7, 11) is 2.93. The van der Waals surface area contributed by atoms with E-state index in [0.29, 0.717) is 30.9 Å². The van der Waals surface area contributed by atoms with E-state index in [4.69, 9.17) is 14.2 Å². The van der Waals surface area contributed by atoms with Crippen molar-refractivity contribution in [3.8, 4) is 11.5 Å². The first-order valence-corrected chi connectivity index (χ1v) is 7.88. The average Bonchev–Trinajstić information content (AvgIpc) is 2.53. The van der Waals surface area contributed by atoms with Gasteiger partial charge in [-0.25, -0.2) is 9.18 Å². The SMILES string of the molecule is COc1ccc(F)c(OC)c1C1CN(C(=O)OC(C)(C)C)CCN1. The lowest BCUT2D eigenvalue weighted by molar-refractivity contribution is 0.0193. The minimum absolute atomic E-state index is 0.123. The van der Waals surface area contributed by atoms with Crippen molar-refractivity contribution < 1.29 is 23.4 Å². The number of carbonyl (C=O) groups is 1. The summed E-state index contributed by atoms with van der Waals surface area (Å²) in [5, 5.41) is 3.28. The molecule has 0 aliphatic carbocycles. The van der Waals surface area contributed by atoms with E-state index in [9.17, 15) is 9.18 Å². The first kappa shape index (κ1) is 18.3. The molecule has 24 heavy (non-hydrogen) atoms. The van der Waals surface area contributed by atoms with Crippen LogP contribution in [0, 0.1) is 5.82 Å². The zero-order valence-electron chi connectivity index (χ0n) is 14.8. The van der Waals surface area contributed by atoms with Crippen LogP contribution in [0.15, 0.2) is 12.1 Å². The number of methoxy groups -OCH3 is 2. The number of piperazine rings is 1. The highest BCUT2D eigenvalue weighted by Gasteiger charge is 2.32. The van der Waals surface area contributed by atoms with Crippen LogP contribution in [0.4, 0.5) is 9.18 Å². The van der Waals surface area contributed by atoms with Gasteiger partial charge in [-0.1, -0.05) is 0 Å². The molecule has 0 spiro atoms. The Labute approximate surface area is 141 Å². The topological polar surface area (TPSA) is 60.0 Å². The molecule has 0 saturated carbocycles. The molecule has 1 unspecified atom stereocenters. The lowest BCUT2D eigenvalue weighted by Gasteiger charge is -2.35. The Hall–Kier alpha value is -2.02. The molecule has 1 N–H and O–H groups in total. The number of carbonyl (C=O) groups excluding carboxylic acids is 1. The van der Waals surface area contributed by atoms with Gasteiger partial charge in [0.2, 0.25) is 0 Å². The van der Waals surface area contributed by atoms with E-state index in [1.165, 1.54) is 20.3 Å². The van der Waals surface area contributed by atoms with Gasteiger partial charge in [0.05, 0.1) is 25.8 Å². The Morgan fingerprint density at radius 2 is 2.00 bits per heavy atom. The Bertz CT molecular complexity index is 601. The van der Waals surface area contributed by atoms with Crippen LogP contribution in [0.25, 0.3) is 0 Å². The van der Waals surface area contributed by atoms with Gasteiger partial charge >= 0.3 is 6.09 Å². The van der Waals surface area contributed by atoms with Crippen LogP contribution >= 0.6 is 0 Å². The first-order valence-electron chi connectivity index (χ1n) is 7.88. The second-order valence-electron chi connectivity index (χ2n) is 6.63. The van der Waals surface area contributed by atoms with Gasteiger partial charge in [0.1, 0.15) is 11.4 Å². The third kappa shape index (κ3) is 4.08. The first-order chi connectivity index (χ1) is 11.3. The van der Waals surface area contributed by atoms with Crippen molar-refractivity contribution >= 4 is 6.09 Å². The van der Waals surface area contributed by atoms with Crippen molar-refractivity contribution in [1.29, 1.82) is 0 Å². The molecule has 0 bridgehead atoms. The number of benzene rings is 1. The standard InChI is InChI=1S/C17H25FN2O4/c1-17(2,3)24-16(21)20-9-8-19-12(10-20)14-13(22-4)7-6-11(18)15(14)23-5/h6-7,12,19H,8-10H2,1-5H3. The number of ether oxygens (including phenoxy) is 3. The summed E-state index contributed by atoms with van der Waals surface area (Å²) in [6.45, 7) is 6.89. The number of amides is 1. The van der Waals surface area contributed by atoms with Crippen molar-refractivity contribution in [2.45, 2.75) is 32.4 Å². The number of rotatable bonds is 3. The largest absolute Gasteiger partial charge is 0.496 e. The van der Waals surface area contributed by atoms with Gasteiger partial charge in [-0.3, -0.25) is 0 Å². The minimum Gasteiger partial charge on any atom is -0.496 e. The quantitative estimate of drug-likeness (QED) is 0.917. The molecular formula is C17H25FN2O4. The fourth-order valence-corrected chi connectivity index (χ4v) is 2.71. The molecular weight excluding hydrogens is 315 g/mol. The van der Waals surface area contributed by atoms with E-state index in [2.05, 4.69) is 5.32 Å². The van der Waals surface area contributed by atoms with E-state index in [1.54, 1.807) is 11.0 Å². The van der Waals surface area contributed by atoms with E-state index in [0.717, 1.165) is 0 Å². The predicted octanol–water partition coefficient (Wildman–Crippen LogP) is 2.72. The molecule has 1 saturated heterocycles. The van der Waals surface area contributed by atoms with Gasteiger partial charge in [-0.2, -0.15) is 0 Å². The fraction of sp³-hybridized carbons (Fsp3) is 0.588. The van der Waals surface area contributed by atoms with Gasteiger partial charge < -0.3 is 24.4 Å². The molecule has 134 valence electrons. The molecule has 1 aromatic carbocycles. The third-order valence-electron chi connectivity index (χ3n) is 3.71. The molecule has 0 aromatic heterocycles. The fourth-order valence-electron chi connectivity index (χ4n) is 2.71. The number of halogens is 1. The van der Waals surface area contributed by atoms with Crippen LogP contribution in [0.3, 0.4) is 0 Å². The highest BCUT2D eigenvalue weighted by Crippen LogP contribution is 2.37. The Morgan fingerprint density at radius 3 is 2.58 bits per heavy atom. The maximum absolute atomic E-state index is 14.1. The van der Waals surface area contributed by atoms with Gasteiger partial charge in [0.15, 0.2) is 11.6 Å². The summed E-state index contributed by atoms with van der Waals surface area (Å²) in [6.07, 6.45) is -0.386. The molecule has 1 heterocycles. The maximum Gasteiger partial charge on any atom is 0.410 e. The second kappa shape index (κ2) is 7.25. The lowest BCUT2D eigenvalue weighted by Crippen LogP contribution is -2.49. The monoisotopic (exact) mass is 340 g/mol. The number of hydrogen-bond donors (Lipinski definition) is 1. The summed E-state index contributed by atoms with van der Waals surface area (Å²) >= 11 is 0. The molecule has 0 radical (unpaired) electrons. The van der Waals surface area contributed by atoms with E-state index in [1.807, 2.05) is 20.8 Å². The summed E-state index contributed by atoms with van der Waals surface area (Å²) in [6, 6.07) is 2.54. The van der Waals surface area contributed by atoms with Crippen molar-refractivity contribution in [1.82, 2.24) is 10.2 Å². The van der Waals surface area contributed by atoms with Gasteiger partial charge in [-0.05, 0) is 32.9 Å². The van der Waals surface area contributed by atoms with Gasteiger partial charge in [0.25, 0.3) is 0 Å². The minimum atomic E-state index is -0.564. The van der Waals surface area contributed by atoms with Crippen molar-refractivity contribution in [2.75, 3.05) is 33.9 Å². The smallest absolute Gasteiger partial charge is 0.410 e. The zero-order chi connectivity index (χ0) is 17.9. The molecule has 1 aromatic rings. The van der Waals surface area contributed by atoms with Crippen LogP contribution in [-0.2, 0) is 4.74 Å². The second-order valence-corrected chi connectivity index (χ2v) is 6.63. The summed E-state index contributed by atoms with van der Waals surface area (Å²) < 4.78 is 30.1. The van der Waals surface area contributed by atoms with Crippen LogP contribution in [-0.4, -0.2) is 50.4 Å². The van der Waals surface area contributed by atoms with Crippen LogP contribution < -0.4 is 14.8 Å².